The van der Waals surface area contributed by atoms with E-state index < -0.39 is 11.2 Å². The largest absolute Gasteiger partial charge is 0.492 e. The number of carbonyl (C=O) groups is 2. The number of carbonyl (C=O) groups excluding carboxylic acids is 2. The van der Waals surface area contributed by atoms with Gasteiger partial charge in [-0.05, 0) is 91.1 Å². The van der Waals surface area contributed by atoms with Crippen molar-refractivity contribution in [1.29, 1.82) is 0 Å². The highest BCUT2D eigenvalue weighted by Crippen LogP contribution is 2.43. The first-order valence-electron chi connectivity index (χ1n) is 18.2. The predicted molar refractivity (Wildman–Crippen MR) is 198 cm³/mol. The molecule has 0 aliphatic carbocycles. The lowest BCUT2D eigenvalue weighted by atomic mass is 10.0. The zero-order valence-electron chi connectivity index (χ0n) is 31.1. The van der Waals surface area contributed by atoms with Crippen LogP contribution in [0.5, 0.6) is 5.75 Å². The Balaban J connectivity index is 1.11. The molecule has 1 atom stereocenters. The van der Waals surface area contributed by atoms with Crippen molar-refractivity contribution >= 4 is 23.2 Å². The Bertz CT molecular complexity index is 2100. The molecule has 12 heteroatoms. The van der Waals surface area contributed by atoms with E-state index in [1.165, 1.54) is 0 Å². The van der Waals surface area contributed by atoms with Crippen molar-refractivity contribution < 1.29 is 28.2 Å². The molecule has 2 aliphatic heterocycles. The monoisotopic (exact) mass is 708 g/mol. The van der Waals surface area contributed by atoms with Crippen LogP contribution in [0.15, 0.2) is 53.2 Å². The highest BCUT2D eigenvalue weighted by atomic mass is 16.6. The molecule has 1 fully saturated rings. The number of imidazole rings is 2. The molecular formula is C40H48N6O6. The number of rotatable bonds is 7. The maximum absolute atomic E-state index is 12.9. The topological polar surface area (TPSA) is 139 Å². The van der Waals surface area contributed by atoms with Crippen LogP contribution in [0.3, 0.4) is 0 Å². The second kappa shape index (κ2) is 13.7. The SMILES string of the molecule is CCCN(Cc1ncc(-c2ccc3c(c2)OCCc2c-3oc3ccc(-c4cnc(C5CCCN5C(=O)OC(C)(C)C)[nH]4)cc23)[nH]1)C(=O)OC(C)(C)C. The lowest BCUT2D eigenvalue weighted by Crippen LogP contribution is -2.37. The highest BCUT2D eigenvalue weighted by molar-refractivity contribution is 5.92. The summed E-state index contributed by atoms with van der Waals surface area (Å²) in [5, 5.41) is 1.03. The van der Waals surface area contributed by atoms with Gasteiger partial charge in [-0.15, -0.1) is 0 Å². The summed E-state index contributed by atoms with van der Waals surface area (Å²) in [6.45, 7) is 15.3. The van der Waals surface area contributed by atoms with Gasteiger partial charge in [0.1, 0.15) is 39.9 Å². The van der Waals surface area contributed by atoms with Gasteiger partial charge in [0.25, 0.3) is 0 Å². The second-order valence-corrected chi connectivity index (χ2v) is 15.6. The molecule has 5 aromatic rings. The second-order valence-electron chi connectivity index (χ2n) is 15.6. The average Bonchev–Trinajstić information content (AvgIpc) is 3.88. The third kappa shape index (κ3) is 7.37. The quantitative estimate of drug-likeness (QED) is 0.171. The maximum Gasteiger partial charge on any atom is 0.410 e. The minimum atomic E-state index is -0.575. The number of H-pyrrole nitrogens is 2. The van der Waals surface area contributed by atoms with E-state index in [0.29, 0.717) is 38.5 Å². The summed E-state index contributed by atoms with van der Waals surface area (Å²) in [4.78, 5) is 45.3. The van der Waals surface area contributed by atoms with Crippen molar-refractivity contribution in [2.24, 2.45) is 0 Å². The van der Waals surface area contributed by atoms with Crippen LogP contribution in [0.25, 0.3) is 44.8 Å². The van der Waals surface area contributed by atoms with Gasteiger partial charge in [0, 0.05) is 41.6 Å². The van der Waals surface area contributed by atoms with Crippen LogP contribution in [0.1, 0.15) is 91.0 Å². The van der Waals surface area contributed by atoms with Crippen molar-refractivity contribution in [2.75, 3.05) is 19.7 Å². The van der Waals surface area contributed by atoms with Crippen LogP contribution in [0, 0.1) is 0 Å². The van der Waals surface area contributed by atoms with Gasteiger partial charge in [0.15, 0.2) is 0 Å². The van der Waals surface area contributed by atoms with Crippen molar-refractivity contribution in [3.8, 4) is 39.6 Å². The van der Waals surface area contributed by atoms with Crippen LogP contribution >= 0.6 is 0 Å². The third-order valence-corrected chi connectivity index (χ3v) is 9.15. The normalized spacial score (nSPS) is 15.9. The zero-order valence-corrected chi connectivity index (χ0v) is 31.1. The molecule has 7 rings (SSSR count). The number of hydrogen-bond donors (Lipinski definition) is 2. The van der Waals surface area contributed by atoms with Crippen LogP contribution < -0.4 is 4.74 Å². The molecule has 12 nitrogen and oxygen atoms in total. The summed E-state index contributed by atoms with van der Waals surface area (Å²) in [7, 11) is 0. The van der Waals surface area contributed by atoms with Gasteiger partial charge in [0.05, 0.1) is 48.5 Å². The van der Waals surface area contributed by atoms with Crippen LogP contribution in [0.4, 0.5) is 9.59 Å². The van der Waals surface area contributed by atoms with Crippen molar-refractivity contribution in [2.45, 2.75) is 97.9 Å². The van der Waals surface area contributed by atoms with Gasteiger partial charge in [0.2, 0.25) is 0 Å². The molecule has 1 saturated heterocycles. The van der Waals surface area contributed by atoms with E-state index in [0.717, 1.165) is 81.2 Å². The van der Waals surface area contributed by atoms with Gasteiger partial charge < -0.3 is 33.5 Å². The minimum absolute atomic E-state index is 0.155. The summed E-state index contributed by atoms with van der Waals surface area (Å²) in [5.74, 6) is 2.97. The summed E-state index contributed by atoms with van der Waals surface area (Å²) in [6.07, 6.45) is 6.16. The van der Waals surface area contributed by atoms with Crippen LogP contribution in [-0.2, 0) is 22.4 Å². The first kappa shape index (κ1) is 35.2. The third-order valence-electron chi connectivity index (χ3n) is 9.15. The predicted octanol–water partition coefficient (Wildman–Crippen LogP) is 9.03. The zero-order chi connectivity index (χ0) is 36.8. The van der Waals surface area contributed by atoms with Gasteiger partial charge in [-0.1, -0.05) is 13.0 Å². The number of nitrogens with one attached hydrogen (secondary N) is 2. The van der Waals surface area contributed by atoms with Crippen LogP contribution in [-0.4, -0.2) is 72.8 Å². The van der Waals surface area contributed by atoms with Crippen molar-refractivity contribution in [3.63, 3.8) is 0 Å². The number of amides is 2. The van der Waals surface area contributed by atoms with E-state index in [1.807, 2.05) is 85.0 Å². The van der Waals surface area contributed by atoms with Gasteiger partial charge in [-0.2, -0.15) is 0 Å². The molecule has 274 valence electrons. The van der Waals surface area contributed by atoms with E-state index >= 15 is 0 Å². The molecule has 0 saturated carbocycles. The first-order valence-corrected chi connectivity index (χ1v) is 18.2. The number of aromatic amines is 2. The number of nitrogens with zero attached hydrogens (tertiary/aromatic N) is 4. The molecule has 52 heavy (non-hydrogen) atoms. The number of benzene rings is 2. The van der Waals surface area contributed by atoms with Crippen molar-refractivity contribution in [1.82, 2.24) is 29.7 Å². The molecule has 0 bridgehead atoms. The van der Waals surface area contributed by atoms with E-state index in [9.17, 15) is 9.59 Å². The number of furan rings is 1. The van der Waals surface area contributed by atoms with E-state index in [-0.39, 0.29) is 18.2 Å². The standard InChI is InChI=1S/C40H48N6O6/c1-8-16-45(37(47)51-39(2,3)4)23-34-41-21-29(43-34)25-11-13-27-33(20-25)49-18-15-26-28-19-24(12-14-32(28)50-35(26)27)30-22-42-36(44-30)31-10-9-17-46(31)38(48)52-40(5,6)7/h11-14,19-22,31H,8-10,15-18,23H2,1-7H3,(H,41,43)(H,42,44). The number of hydrogen-bond acceptors (Lipinski definition) is 8. The van der Waals surface area contributed by atoms with Crippen LogP contribution in [0.2, 0.25) is 0 Å². The average molecular weight is 709 g/mol. The summed E-state index contributed by atoms with van der Waals surface area (Å²) < 4.78 is 24.1. The lowest BCUT2D eigenvalue weighted by molar-refractivity contribution is 0.0212. The summed E-state index contributed by atoms with van der Waals surface area (Å²) in [5.41, 5.74) is 5.25. The molecule has 5 heterocycles. The number of fused-ring (bicyclic) bond motifs is 5. The van der Waals surface area contributed by atoms with Gasteiger partial charge in [-0.25, -0.2) is 19.6 Å². The fourth-order valence-corrected chi connectivity index (χ4v) is 6.89. The van der Waals surface area contributed by atoms with Gasteiger partial charge in [-0.3, -0.25) is 4.90 Å². The molecule has 0 radical (unpaired) electrons. The van der Waals surface area contributed by atoms with E-state index in [4.69, 9.17) is 23.6 Å². The summed E-state index contributed by atoms with van der Waals surface area (Å²) in [6, 6.07) is 12.1. The molecule has 1 unspecified atom stereocenters. The Morgan fingerprint density at radius 1 is 0.962 bits per heavy atom. The molecule has 2 aromatic carbocycles. The Morgan fingerprint density at radius 2 is 1.69 bits per heavy atom. The number of ether oxygens (including phenoxy) is 3. The Kier molecular flexibility index (Phi) is 9.26. The maximum atomic E-state index is 12.9. The van der Waals surface area contributed by atoms with Crippen molar-refractivity contribution in [3.05, 3.63) is 66.0 Å². The Morgan fingerprint density at radius 3 is 2.46 bits per heavy atom. The Labute approximate surface area is 303 Å². The molecule has 2 amide bonds. The lowest BCUT2D eigenvalue weighted by Gasteiger charge is -2.27. The highest BCUT2D eigenvalue weighted by Gasteiger charge is 2.35. The number of likely N-dealkylation sites (tertiary alicyclic amines) is 1. The molecule has 3 aromatic heterocycles. The van der Waals surface area contributed by atoms with E-state index in [2.05, 4.69) is 21.0 Å². The molecule has 2 N–H and O–H groups in total. The fraction of sp³-hybridized carbons (Fsp3) is 0.450. The van der Waals surface area contributed by atoms with E-state index in [1.54, 1.807) is 16.0 Å². The van der Waals surface area contributed by atoms with Gasteiger partial charge >= 0.3 is 12.2 Å². The summed E-state index contributed by atoms with van der Waals surface area (Å²) >= 11 is 0. The smallest absolute Gasteiger partial charge is 0.410 e. The molecular weight excluding hydrogens is 660 g/mol. The first-order chi connectivity index (χ1) is 24.8. The Hall–Kier alpha value is -5.26. The minimum Gasteiger partial charge on any atom is -0.492 e. The molecule has 2 aliphatic rings. The fourth-order valence-electron chi connectivity index (χ4n) is 6.89. The molecule has 0 spiro atoms. The number of aromatic nitrogens is 4.